The number of primary amides is 1. The van der Waals surface area contributed by atoms with E-state index in [2.05, 4.69) is 15.2 Å². The number of carbonyl (C=O) groups is 1. The minimum atomic E-state index is -0.768. The summed E-state index contributed by atoms with van der Waals surface area (Å²) in [6.07, 6.45) is 0.919. The van der Waals surface area contributed by atoms with E-state index in [0.717, 1.165) is 5.56 Å². The zero-order chi connectivity index (χ0) is 23.2. The summed E-state index contributed by atoms with van der Waals surface area (Å²) in [4.78, 5) is 30.3. The van der Waals surface area contributed by atoms with Crippen LogP contribution in [0.5, 0.6) is 5.75 Å². The highest BCUT2D eigenvalue weighted by atomic mass is 35.5. The molecular weight excluding hydrogens is 434 g/mol. The predicted molar refractivity (Wildman–Crippen MR) is 119 cm³/mol. The fourth-order valence-corrected chi connectivity index (χ4v) is 3.66. The first-order valence-electron chi connectivity index (χ1n) is 9.73. The Morgan fingerprint density at radius 2 is 2.03 bits per heavy atom. The van der Waals surface area contributed by atoms with Crippen molar-refractivity contribution in [3.8, 4) is 17.2 Å². The molecule has 0 aliphatic heterocycles. The fraction of sp³-hybridized carbons (Fsp3) is 0.227. The number of hydrogen-bond donors (Lipinski definition) is 1. The molecule has 0 saturated heterocycles. The lowest BCUT2D eigenvalue weighted by Crippen LogP contribution is -2.17. The fourth-order valence-electron chi connectivity index (χ4n) is 3.51. The van der Waals surface area contributed by atoms with Gasteiger partial charge in [0.05, 0.1) is 11.6 Å². The van der Waals surface area contributed by atoms with Crippen LogP contribution in [0.15, 0.2) is 39.7 Å². The Hall–Kier alpha value is -3.72. The van der Waals surface area contributed by atoms with Gasteiger partial charge in [-0.25, -0.2) is 4.98 Å². The van der Waals surface area contributed by atoms with Gasteiger partial charge in [0.2, 0.25) is 0 Å². The molecule has 1 amide bonds. The molecule has 2 N–H and O–H groups in total. The van der Waals surface area contributed by atoms with Crippen LogP contribution in [0.4, 0.5) is 0 Å². The maximum atomic E-state index is 13.2. The van der Waals surface area contributed by atoms with Crippen molar-refractivity contribution in [2.24, 2.45) is 12.8 Å². The number of fused-ring (bicyclic) bond motifs is 1. The highest BCUT2D eigenvalue weighted by Gasteiger charge is 2.22. The van der Waals surface area contributed by atoms with E-state index in [9.17, 15) is 9.59 Å². The average Bonchev–Trinajstić information content (AvgIpc) is 3.17. The Labute approximate surface area is 187 Å². The highest BCUT2D eigenvalue weighted by molar-refractivity contribution is 6.29. The number of amides is 1. The second kappa shape index (κ2) is 8.08. The molecule has 4 aromatic rings. The summed E-state index contributed by atoms with van der Waals surface area (Å²) in [5.41, 5.74) is 7.88. The van der Waals surface area contributed by atoms with Gasteiger partial charge in [-0.15, -0.1) is 0 Å². The summed E-state index contributed by atoms with van der Waals surface area (Å²) in [6.45, 7) is 5.34. The van der Waals surface area contributed by atoms with Gasteiger partial charge >= 0.3 is 0 Å². The number of rotatable bonds is 5. The molecule has 3 heterocycles. The number of hydrogen-bond acceptors (Lipinski definition) is 7. The Bertz CT molecular complexity index is 1430. The molecule has 0 unspecified atom stereocenters. The van der Waals surface area contributed by atoms with E-state index in [4.69, 9.17) is 26.5 Å². The topological polar surface area (TPSA) is 126 Å². The van der Waals surface area contributed by atoms with Crippen molar-refractivity contribution < 1.29 is 13.9 Å². The number of nitrogens with two attached hydrogens (primary N) is 1. The first-order valence-corrected chi connectivity index (χ1v) is 10.1. The zero-order valence-electron chi connectivity index (χ0n) is 17.8. The molecule has 1 aromatic carbocycles. The first kappa shape index (κ1) is 21.5. The second-order valence-electron chi connectivity index (χ2n) is 7.44. The normalized spacial score (nSPS) is 12.2. The minimum Gasteiger partial charge on any atom is -0.483 e. The maximum Gasteiger partial charge on any atom is 0.271 e. The number of carbonyl (C=O) groups excluding carboxylic acids is 1. The third-order valence-electron chi connectivity index (χ3n) is 5.02. The van der Waals surface area contributed by atoms with Crippen LogP contribution in [0, 0.1) is 13.8 Å². The number of nitrogens with zero attached hydrogens (tertiary/aromatic N) is 4. The van der Waals surface area contributed by atoms with Gasteiger partial charge in [-0.3, -0.25) is 9.59 Å². The molecule has 164 valence electrons. The van der Waals surface area contributed by atoms with E-state index >= 15 is 0 Å². The van der Waals surface area contributed by atoms with Crippen LogP contribution in [-0.4, -0.2) is 25.9 Å². The number of benzene rings is 1. The number of aromatic nitrogens is 4. The van der Waals surface area contributed by atoms with Crippen molar-refractivity contribution in [2.45, 2.75) is 26.9 Å². The molecule has 3 aromatic heterocycles. The van der Waals surface area contributed by atoms with Crippen molar-refractivity contribution in [3.63, 3.8) is 0 Å². The van der Waals surface area contributed by atoms with Crippen LogP contribution in [0.25, 0.3) is 22.4 Å². The van der Waals surface area contributed by atoms with Crippen LogP contribution >= 0.6 is 11.6 Å². The van der Waals surface area contributed by atoms with Gasteiger partial charge in [-0.2, -0.15) is 15.0 Å². The lowest BCUT2D eigenvalue weighted by molar-refractivity contribution is 0.0988. The molecule has 32 heavy (non-hydrogen) atoms. The van der Waals surface area contributed by atoms with E-state index < -0.39 is 12.0 Å². The highest BCUT2D eigenvalue weighted by Crippen LogP contribution is 2.33. The van der Waals surface area contributed by atoms with Gasteiger partial charge in [0.25, 0.3) is 5.91 Å². The lowest BCUT2D eigenvalue weighted by atomic mass is 10.0. The molecular formula is C22H20ClN5O4. The van der Waals surface area contributed by atoms with Crippen LogP contribution in [0.2, 0.25) is 5.15 Å². The largest absolute Gasteiger partial charge is 0.483 e. The van der Waals surface area contributed by atoms with Gasteiger partial charge in [0.1, 0.15) is 22.5 Å². The Morgan fingerprint density at radius 3 is 2.69 bits per heavy atom. The standard InChI is InChI=1S/C22H20ClN5O4/c1-10-7-13(12(3)31-16-5-6-17(23)26-18(16)22(24)30)21-14(8-10)19(29)11(2)20(32-21)15-9-25-28(4)27-15/h5-9,12H,1-4H3,(H2,24,30)/t12-/m1/s1. The van der Waals surface area contributed by atoms with Gasteiger partial charge in [0, 0.05) is 18.2 Å². The molecule has 10 heteroatoms. The molecule has 0 fully saturated rings. The molecule has 0 aliphatic rings. The van der Waals surface area contributed by atoms with E-state index in [1.54, 1.807) is 27.0 Å². The van der Waals surface area contributed by atoms with Crippen molar-refractivity contribution >= 4 is 28.5 Å². The smallest absolute Gasteiger partial charge is 0.271 e. The monoisotopic (exact) mass is 453 g/mol. The molecule has 0 aliphatic carbocycles. The van der Waals surface area contributed by atoms with E-state index in [0.29, 0.717) is 33.6 Å². The summed E-state index contributed by atoms with van der Waals surface area (Å²) in [7, 11) is 1.68. The van der Waals surface area contributed by atoms with Gasteiger partial charge < -0.3 is 14.9 Å². The number of aryl methyl sites for hydroxylation is 2. The van der Waals surface area contributed by atoms with Gasteiger partial charge in [0.15, 0.2) is 22.6 Å². The number of ether oxygens (including phenoxy) is 1. The second-order valence-corrected chi connectivity index (χ2v) is 7.83. The molecule has 0 radical (unpaired) electrons. The van der Waals surface area contributed by atoms with E-state index in [1.807, 2.05) is 13.0 Å². The Morgan fingerprint density at radius 1 is 1.28 bits per heavy atom. The molecule has 0 saturated carbocycles. The minimum absolute atomic E-state index is 0.0844. The predicted octanol–water partition coefficient (Wildman–Crippen LogP) is 3.49. The zero-order valence-corrected chi connectivity index (χ0v) is 18.6. The van der Waals surface area contributed by atoms with Gasteiger partial charge in [-0.05, 0) is 50.6 Å². The maximum absolute atomic E-state index is 13.2. The first-order chi connectivity index (χ1) is 15.2. The quantitative estimate of drug-likeness (QED) is 0.458. The van der Waals surface area contributed by atoms with Crippen LogP contribution in [0.1, 0.15) is 40.2 Å². The third-order valence-corrected chi connectivity index (χ3v) is 5.23. The van der Waals surface area contributed by atoms with Crippen molar-refractivity contribution in [2.75, 3.05) is 0 Å². The molecule has 9 nitrogen and oxygen atoms in total. The summed E-state index contributed by atoms with van der Waals surface area (Å²) >= 11 is 5.89. The third kappa shape index (κ3) is 3.82. The summed E-state index contributed by atoms with van der Waals surface area (Å²) in [5, 5.41) is 8.86. The number of halogens is 1. The van der Waals surface area contributed by atoms with Crippen molar-refractivity contribution in [1.82, 2.24) is 20.0 Å². The lowest BCUT2D eigenvalue weighted by Gasteiger charge is -2.19. The van der Waals surface area contributed by atoms with Gasteiger partial charge in [-0.1, -0.05) is 11.6 Å². The van der Waals surface area contributed by atoms with Crippen molar-refractivity contribution in [1.29, 1.82) is 0 Å². The molecule has 0 bridgehead atoms. The SMILES string of the molecule is Cc1cc([C@@H](C)Oc2ccc(Cl)nc2C(N)=O)c2oc(-c3cnn(C)n3)c(C)c(=O)c2c1. The van der Waals surface area contributed by atoms with Crippen LogP contribution < -0.4 is 15.9 Å². The summed E-state index contributed by atoms with van der Waals surface area (Å²) in [5.74, 6) is -0.262. The van der Waals surface area contributed by atoms with Crippen LogP contribution in [-0.2, 0) is 7.05 Å². The molecule has 1 atom stereocenters. The Balaban J connectivity index is 1.88. The van der Waals surface area contributed by atoms with Crippen LogP contribution in [0.3, 0.4) is 0 Å². The average molecular weight is 454 g/mol. The Kier molecular flexibility index (Phi) is 5.43. The van der Waals surface area contributed by atoms with E-state index in [1.165, 1.54) is 23.1 Å². The molecule has 4 rings (SSSR count). The summed E-state index contributed by atoms with van der Waals surface area (Å²) in [6, 6.07) is 6.65. The number of pyridine rings is 1. The van der Waals surface area contributed by atoms with E-state index in [-0.39, 0.29) is 22.0 Å². The summed E-state index contributed by atoms with van der Waals surface area (Å²) < 4.78 is 12.2. The molecule has 0 spiro atoms. The van der Waals surface area contributed by atoms with Crippen molar-refractivity contribution in [3.05, 3.63) is 68.2 Å².